The van der Waals surface area contributed by atoms with Crippen molar-refractivity contribution in [2.75, 3.05) is 13.2 Å². The van der Waals surface area contributed by atoms with Crippen LogP contribution in [0.1, 0.15) is 54.0 Å². The van der Waals surface area contributed by atoms with Crippen LogP contribution in [0.3, 0.4) is 0 Å². The standard InChI is InChI=1S/C16H22O4/c1-6-19-14(17)12-8-7-11(2)9-13(12)15(18)20-10-16(3,4)5/h7-9H,6,10H2,1-5H3. The van der Waals surface area contributed by atoms with Crippen LogP contribution in [0.5, 0.6) is 0 Å². The molecule has 4 nitrogen and oxygen atoms in total. The van der Waals surface area contributed by atoms with E-state index in [9.17, 15) is 9.59 Å². The summed E-state index contributed by atoms with van der Waals surface area (Å²) in [5, 5.41) is 0. The van der Waals surface area contributed by atoms with Crippen LogP contribution in [0.4, 0.5) is 0 Å². The lowest BCUT2D eigenvalue weighted by molar-refractivity contribution is 0.0354. The molecule has 20 heavy (non-hydrogen) atoms. The van der Waals surface area contributed by atoms with Gasteiger partial charge in [-0.05, 0) is 31.4 Å². The molecule has 0 spiro atoms. The first-order valence-electron chi connectivity index (χ1n) is 6.69. The molecular formula is C16H22O4. The minimum absolute atomic E-state index is 0.121. The fourth-order valence-corrected chi connectivity index (χ4v) is 1.57. The number of carbonyl (C=O) groups is 2. The van der Waals surface area contributed by atoms with Gasteiger partial charge in [-0.3, -0.25) is 0 Å². The van der Waals surface area contributed by atoms with Crippen LogP contribution in [0.15, 0.2) is 18.2 Å². The number of benzene rings is 1. The van der Waals surface area contributed by atoms with Crippen LogP contribution in [0.25, 0.3) is 0 Å². The van der Waals surface area contributed by atoms with Crippen molar-refractivity contribution in [2.24, 2.45) is 5.41 Å². The number of carbonyl (C=O) groups excluding carboxylic acids is 2. The van der Waals surface area contributed by atoms with E-state index in [0.29, 0.717) is 6.61 Å². The Balaban J connectivity index is 3.00. The highest BCUT2D eigenvalue weighted by molar-refractivity contribution is 6.03. The van der Waals surface area contributed by atoms with Gasteiger partial charge < -0.3 is 9.47 Å². The average Bonchev–Trinajstić information content (AvgIpc) is 2.35. The van der Waals surface area contributed by atoms with Gasteiger partial charge in [-0.25, -0.2) is 9.59 Å². The number of esters is 2. The van der Waals surface area contributed by atoms with Crippen molar-refractivity contribution in [1.82, 2.24) is 0 Å². The lowest BCUT2D eigenvalue weighted by Crippen LogP contribution is -2.20. The monoisotopic (exact) mass is 278 g/mol. The third-order valence-corrected chi connectivity index (χ3v) is 2.53. The van der Waals surface area contributed by atoms with Crippen LogP contribution >= 0.6 is 0 Å². The van der Waals surface area contributed by atoms with Gasteiger partial charge in [0.05, 0.1) is 24.3 Å². The smallest absolute Gasteiger partial charge is 0.339 e. The SMILES string of the molecule is CCOC(=O)c1ccc(C)cc1C(=O)OCC(C)(C)C. The zero-order valence-electron chi connectivity index (χ0n) is 12.8. The molecule has 0 aliphatic rings. The van der Waals surface area contributed by atoms with Gasteiger partial charge in [0.15, 0.2) is 0 Å². The summed E-state index contributed by atoms with van der Waals surface area (Å²) in [6.07, 6.45) is 0. The van der Waals surface area contributed by atoms with Crippen molar-refractivity contribution in [3.8, 4) is 0 Å². The summed E-state index contributed by atoms with van der Waals surface area (Å²) in [6.45, 7) is 10.1. The van der Waals surface area contributed by atoms with Crippen molar-refractivity contribution >= 4 is 11.9 Å². The molecule has 0 saturated heterocycles. The summed E-state index contributed by atoms with van der Waals surface area (Å²) in [5.74, 6) is -0.998. The first-order chi connectivity index (χ1) is 9.24. The fraction of sp³-hybridized carbons (Fsp3) is 0.500. The van der Waals surface area contributed by atoms with E-state index in [1.165, 1.54) is 0 Å². The van der Waals surface area contributed by atoms with E-state index in [1.807, 2.05) is 27.7 Å². The van der Waals surface area contributed by atoms with Crippen LogP contribution in [-0.4, -0.2) is 25.2 Å². The van der Waals surface area contributed by atoms with Crippen LogP contribution < -0.4 is 0 Å². The van der Waals surface area contributed by atoms with Crippen molar-refractivity contribution in [3.05, 3.63) is 34.9 Å². The summed E-state index contributed by atoms with van der Waals surface area (Å²) in [7, 11) is 0. The Morgan fingerprint density at radius 2 is 1.65 bits per heavy atom. The summed E-state index contributed by atoms with van der Waals surface area (Å²) in [6, 6.07) is 5.02. The molecule has 0 N–H and O–H groups in total. The first kappa shape index (κ1) is 16.2. The zero-order chi connectivity index (χ0) is 15.3. The van der Waals surface area contributed by atoms with Crippen LogP contribution in [0.2, 0.25) is 0 Å². The maximum absolute atomic E-state index is 12.1. The molecule has 1 aromatic rings. The molecule has 0 heterocycles. The highest BCUT2D eigenvalue weighted by Gasteiger charge is 2.21. The summed E-state index contributed by atoms with van der Waals surface area (Å²) in [4.78, 5) is 24.0. The molecule has 0 bridgehead atoms. The number of hydrogen-bond acceptors (Lipinski definition) is 4. The maximum Gasteiger partial charge on any atom is 0.339 e. The van der Waals surface area contributed by atoms with E-state index in [1.54, 1.807) is 25.1 Å². The Kier molecular flexibility index (Phi) is 5.31. The van der Waals surface area contributed by atoms with E-state index >= 15 is 0 Å². The highest BCUT2D eigenvalue weighted by atomic mass is 16.5. The molecule has 0 aromatic heterocycles. The quantitative estimate of drug-likeness (QED) is 0.792. The molecule has 0 saturated carbocycles. The third kappa shape index (κ3) is 4.68. The highest BCUT2D eigenvalue weighted by Crippen LogP contribution is 2.18. The normalized spacial score (nSPS) is 11.1. The lowest BCUT2D eigenvalue weighted by atomic mass is 9.98. The number of ether oxygens (including phenoxy) is 2. The van der Waals surface area contributed by atoms with E-state index in [2.05, 4.69) is 0 Å². The molecule has 0 amide bonds. The fourth-order valence-electron chi connectivity index (χ4n) is 1.57. The number of rotatable bonds is 4. The van der Waals surface area contributed by atoms with Gasteiger partial charge in [0.2, 0.25) is 0 Å². The van der Waals surface area contributed by atoms with Gasteiger partial charge in [-0.1, -0.05) is 32.4 Å². The van der Waals surface area contributed by atoms with E-state index in [4.69, 9.17) is 9.47 Å². The van der Waals surface area contributed by atoms with E-state index < -0.39 is 11.9 Å². The van der Waals surface area contributed by atoms with Crippen molar-refractivity contribution in [3.63, 3.8) is 0 Å². The second-order valence-corrected chi connectivity index (χ2v) is 5.91. The Hall–Kier alpha value is -1.84. The number of aryl methyl sites for hydroxylation is 1. The minimum atomic E-state index is -0.504. The van der Waals surface area contributed by atoms with Gasteiger partial charge in [-0.15, -0.1) is 0 Å². The molecule has 0 atom stereocenters. The third-order valence-electron chi connectivity index (χ3n) is 2.53. The Morgan fingerprint density at radius 3 is 2.20 bits per heavy atom. The molecule has 0 aliphatic carbocycles. The van der Waals surface area contributed by atoms with Gasteiger partial charge >= 0.3 is 11.9 Å². The van der Waals surface area contributed by atoms with Crippen molar-refractivity contribution in [2.45, 2.75) is 34.6 Å². The predicted molar refractivity (Wildman–Crippen MR) is 76.9 cm³/mol. The molecule has 4 heteroatoms. The van der Waals surface area contributed by atoms with Crippen molar-refractivity contribution in [1.29, 1.82) is 0 Å². The Morgan fingerprint density at radius 1 is 1.05 bits per heavy atom. The van der Waals surface area contributed by atoms with Crippen LogP contribution in [-0.2, 0) is 9.47 Å². The number of hydrogen-bond donors (Lipinski definition) is 0. The average molecular weight is 278 g/mol. The lowest BCUT2D eigenvalue weighted by Gasteiger charge is -2.18. The van der Waals surface area contributed by atoms with Gasteiger partial charge in [-0.2, -0.15) is 0 Å². The van der Waals surface area contributed by atoms with Gasteiger partial charge in [0.25, 0.3) is 0 Å². The Labute approximate surface area is 120 Å². The molecule has 0 radical (unpaired) electrons. The van der Waals surface area contributed by atoms with Crippen LogP contribution in [0, 0.1) is 12.3 Å². The predicted octanol–water partition coefficient (Wildman–Crippen LogP) is 3.37. The van der Waals surface area contributed by atoms with E-state index in [-0.39, 0.29) is 23.1 Å². The van der Waals surface area contributed by atoms with Gasteiger partial charge in [0, 0.05) is 0 Å². The maximum atomic E-state index is 12.1. The zero-order valence-corrected chi connectivity index (χ0v) is 12.8. The summed E-state index contributed by atoms with van der Waals surface area (Å²) in [5.41, 5.74) is 1.27. The second kappa shape index (κ2) is 6.55. The molecule has 1 aromatic carbocycles. The topological polar surface area (TPSA) is 52.6 Å². The summed E-state index contributed by atoms with van der Waals surface area (Å²) < 4.78 is 10.2. The molecular weight excluding hydrogens is 256 g/mol. The van der Waals surface area contributed by atoms with Crippen molar-refractivity contribution < 1.29 is 19.1 Å². The Bertz CT molecular complexity index is 498. The molecule has 1 rings (SSSR count). The first-order valence-corrected chi connectivity index (χ1v) is 6.69. The van der Waals surface area contributed by atoms with E-state index in [0.717, 1.165) is 5.56 Å². The summed E-state index contributed by atoms with van der Waals surface area (Å²) >= 11 is 0. The molecule has 0 fully saturated rings. The molecule has 0 aliphatic heterocycles. The molecule has 0 unspecified atom stereocenters. The second-order valence-electron chi connectivity index (χ2n) is 5.91. The molecule has 110 valence electrons. The van der Waals surface area contributed by atoms with Gasteiger partial charge in [0.1, 0.15) is 0 Å². The minimum Gasteiger partial charge on any atom is -0.462 e. The largest absolute Gasteiger partial charge is 0.462 e.